The first-order chi connectivity index (χ1) is 9.68. The van der Waals surface area contributed by atoms with Crippen LogP contribution in [0.5, 0.6) is 0 Å². The minimum Gasteiger partial charge on any atom is -0.598 e. The highest BCUT2D eigenvalue weighted by Gasteiger charge is 2.42. The molecule has 0 saturated heterocycles. The van der Waals surface area contributed by atoms with Crippen LogP contribution in [0.4, 0.5) is 13.2 Å². The zero-order valence-corrected chi connectivity index (χ0v) is 13.1. The first-order valence-electron chi connectivity index (χ1n) is 6.49. The van der Waals surface area contributed by atoms with E-state index in [1.54, 1.807) is 20.8 Å². The second-order valence-electron chi connectivity index (χ2n) is 5.77. The minimum absolute atomic E-state index is 0.230. The summed E-state index contributed by atoms with van der Waals surface area (Å²) in [4.78, 5) is 0. The van der Waals surface area contributed by atoms with Crippen LogP contribution in [0.3, 0.4) is 0 Å². The Labute approximate surface area is 125 Å². The Hall–Kier alpha value is -0.760. The van der Waals surface area contributed by atoms with Crippen LogP contribution in [0.2, 0.25) is 0 Å². The van der Waals surface area contributed by atoms with Crippen molar-refractivity contribution in [2.45, 2.75) is 37.5 Å². The Morgan fingerprint density at radius 2 is 1.90 bits per heavy atom. The summed E-state index contributed by atoms with van der Waals surface area (Å²) in [6.07, 6.45) is -0.230. The van der Waals surface area contributed by atoms with Gasteiger partial charge < -0.3 is 9.66 Å². The van der Waals surface area contributed by atoms with Gasteiger partial charge in [-0.1, -0.05) is 12.1 Å². The minimum atomic E-state index is -1.74. The maximum Gasteiger partial charge on any atom is 0.164 e. The highest BCUT2D eigenvalue weighted by molar-refractivity contribution is 7.90. The summed E-state index contributed by atoms with van der Waals surface area (Å²) < 4.78 is 55.1. The molecule has 0 aliphatic carbocycles. The summed E-state index contributed by atoms with van der Waals surface area (Å²) in [6, 6.07) is 3.39. The van der Waals surface area contributed by atoms with Crippen LogP contribution in [0.25, 0.3) is 0 Å². The lowest BCUT2D eigenvalue weighted by molar-refractivity contribution is 0.190. The number of halogens is 3. The average Bonchev–Trinajstić information content (AvgIpc) is 2.40. The Kier molecular flexibility index (Phi) is 6.10. The van der Waals surface area contributed by atoms with E-state index in [1.807, 2.05) is 0 Å². The van der Waals surface area contributed by atoms with Gasteiger partial charge in [-0.3, -0.25) is 0 Å². The monoisotopic (exact) mass is 323 g/mol. The third-order valence-electron chi connectivity index (χ3n) is 3.08. The molecule has 0 fully saturated rings. The summed E-state index contributed by atoms with van der Waals surface area (Å²) in [6.45, 7) is 3.41. The van der Waals surface area contributed by atoms with E-state index >= 15 is 0 Å². The first-order valence-corrected chi connectivity index (χ1v) is 7.64. The van der Waals surface area contributed by atoms with Gasteiger partial charge >= 0.3 is 0 Å². The van der Waals surface area contributed by atoms with E-state index in [9.17, 15) is 17.7 Å². The Morgan fingerprint density at radius 3 is 2.38 bits per heavy atom. The summed E-state index contributed by atoms with van der Waals surface area (Å²) in [7, 11) is 0. The van der Waals surface area contributed by atoms with Crippen molar-refractivity contribution < 1.29 is 22.8 Å². The van der Waals surface area contributed by atoms with Crippen LogP contribution in [-0.4, -0.2) is 27.7 Å². The molecule has 120 valence electrons. The van der Waals surface area contributed by atoms with E-state index in [1.165, 1.54) is 12.1 Å². The normalized spacial score (nSPS) is 16.6. The molecule has 0 aromatic heterocycles. The predicted molar refractivity (Wildman–Crippen MR) is 76.7 cm³/mol. The fraction of sp³-hybridized carbons (Fsp3) is 0.571. The number of hydrogen-bond donors (Lipinski definition) is 2. The molecule has 0 radical (unpaired) electrons. The van der Waals surface area contributed by atoms with Gasteiger partial charge in [0.15, 0.2) is 11.6 Å². The average molecular weight is 323 g/mol. The molecule has 0 aliphatic rings. The maximum atomic E-state index is 14.0. The molecular weight excluding hydrogens is 303 g/mol. The number of aliphatic hydroxyl groups excluding tert-OH is 1. The molecule has 0 bridgehead atoms. The van der Waals surface area contributed by atoms with Crippen LogP contribution in [-0.2, 0) is 16.9 Å². The van der Waals surface area contributed by atoms with Crippen molar-refractivity contribution >= 4 is 11.4 Å². The van der Waals surface area contributed by atoms with Crippen molar-refractivity contribution in [3.05, 3.63) is 35.4 Å². The highest BCUT2D eigenvalue weighted by Crippen LogP contribution is 2.32. The molecule has 0 saturated carbocycles. The number of benzene rings is 1. The van der Waals surface area contributed by atoms with Gasteiger partial charge in [-0.15, -0.1) is 4.72 Å². The predicted octanol–water partition coefficient (Wildman–Crippen LogP) is 2.56. The molecular formula is C14H20F3NO2S. The quantitative estimate of drug-likeness (QED) is 0.791. The molecule has 0 heterocycles. The van der Waals surface area contributed by atoms with Crippen molar-refractivity contribution in [3.63, 3.8) is 0 Å². The second kappa shape index (κ2) is 7.00. The van der Waals surface area contributed by atoms with Gasteiger partial charge in [0.2, 0.25) is 0 Å². The van der Waals surface area contributed by atoms with Crippen LogP contribution in [0, 0.1) is 11.6 Å². The van der Waals surface area contributed by atoms with Gasteiger partial charge in [-0.25, -0.2) is 13.2 Å². The van der Waals surface area contributed by atoms with Gasteiger partial charge in [0, 0.05) is 23.5 Å². The summed E-state index contributed by atoms with van der Waals surface area (Å²) in [5.74, 6) is -2.33. The fourth-order valence-corrected chi connectivity index (χ4v) is 2.73. The van der Waals surface area contributed by atoms with Crippen LogP contribution < -0.4 is 4.72 Å². The summed E-state index contributed by atoms with van der Waals surface area (Å²) in [5.41, 5.74) is -2.02. The number of rotatable bonds is 6. The van der Waals surface area contributed by atoms with Crippen molar-refractivity contribution in [3.8, 4) is 0 Å². The molecule has 1 aromatic rings. The highest BCUT2D eigenvalue weighted by atomic mass is 32.2. The lowest BCUT2D eigenvalue weighted by Gasteiger charge is -2.35. The van der Waals surface area contributed by atoms with Crippen LogP contribution in [0.1, 0.15) is 32.8 Å². The molecule has 2 N–H and O–H groups in total. The molecule has 1 rings (SSSR count). The van der Waals surface area contributed by atoms with E-state index in [4.69, 9.17) is 5.11 Å². The van der Waals surface area contributed by atoms with Crippen LogP contribution >= 0.6 is 0 Å². The summed E-state index contributed by atoms with van der Waals surface area (Å²) >= 11 is -1.71. The Bertz CT molecular complexity index is 482. The number of hydrogen-bond acceptors (Lipinski definition) is 3. The molecule has 21 heavy (non-hydrogen) atoms. The number of nitrogens with one attached hydrogen (secondary N) is 1. The first kappa shape index (κ1) is 18.3. The largest absolute Gasteiger partial charge is 0.598 e. The zero-order valence-electron chi connectivity index (χ0n) is 12.3. The van der Waals surface area contributed by atoms with E-state index in [0.29, 0.717) is 0 Å². The van der Waals surface area contributed by atoms with E-state index in [-0.39, 0.29) is 12.0 Å². The van der Waals surface area contributed by atoms with Gasteiger partial charge in [0.25, 0.3) is 0 Å². The molecule has 2 atom stereocenters. The maximum absolute atomic E-state index is 14.0. The standard InChI is InChI=1S/C14H20F3NO2S/c1-13(2,3)21(20)18-14(9-15,7-8-19)10-5-4-6-11(16)12(10)17/h4-6,18-19H,7-9H2,1-3H3/t14?,21-/m1/s1. The molecule has 0 amide bonds. The van der Waals surface area contributed by atoms with E-state index < -0.39 is 46.6 Å². The summed E-state index contributed by atoms with van der Waals surface area (Å²) in [5, 5.41) is 9.15. The van der Waals surface area contributed by atoms with Crippen LogP contribution in [0.15, 0.2) is 18.2 Å². The topological polar surface area (TPSA) is 55.3 Å². The molecule has 1 unspecified atom stereocenters. The van der Waals surface area contributed by atoms with Gasteiger partial charge in [0.05, 0.1) is 0 Å². The molecule has 1 aromatic carbocycles. The van der Waals surface area contributed by atoms with Crippen molar-refractivity contribution in [2.75, 3.05) is 13.3 Å². The van der Waals surface area contributed by atoms with Gasteiger partial charge in [0.1, 0.15) is 17.0 Å². The Morgan fingerprint density at radius 1 is 1.29 bits per heavy atom. The van der Waals surface area contributed by atoms with Crippen molar-refractivity contribution in [1.29, 1.82) is 0 Å². The zero-order chi connectivity index (χ0) is 16.3. The van der Waals surface area contributed by atoms with Crippen molar-refractivity contribution in [2.24, 2.45) is 0 Å². The van der Waals surface area contributed by atoms with Gasteiger partial charge in [-0.05, 0) is 33.3 Å². The van der Waals surface area contributed by atoms with E-state index in [2.05, 4.69) is 4.72 Å². The SMILES string of the molecule is CC(C)(C)[S@@+]([O-])NC(CF)(CCO)c1cccc(F)c1F. The third kappa shape index (κ3) is 4.12. The second-order valence-corrected chi connectivity index (χ2v) is 7.74. The van der Waals surface area contributed by atoms with Gasteiger partial charge in [-0.2, -0.15) is 0 Å². The third-order valence-corrected chi connectivity index (χ3v) is 4.77. The lowest BCUT2D eigenvalue weighted by Crippen LogP contribution is -2.53. The fourth-order valence-electron chi connectivity index (χ4n) is 1.80. The molecule has 7 heteroatoms. The Balaban J connectivity index is 3.29. The lowest BCUT2D eigenvalue weighted by atomic mass is 9.88. The molecule has 0 aliphatic heterocycles. The molecule has 3 nitrogen and oxygen atoms in total. The van der Waals surface area contributed by atoms with E-state index in [0.717, 1.165) is 6.07 Å². The molecule has 0 spiro atoms. The number of aliphatic hydroxyl groups is 1. The smallest absolute Gasteiger partial charge is 0.164 e. The number of alkyl halides is 1. The van der Waals surface area contributed by atoms with Crippen molar-refractivity contribution in [1.82, 2.24) is 4.72 Å².